The zero-order valence-corrected chi connectivity index (χ0v) is 16.5. The van der Waals surface area contributed by atoms with E-state index in [-0.39, 0.29) is 30.2 Å². The Morgan fingerprint density at radius 3 is 2.36 bits per heavy atom. The molecule has 0 unspecified atom stereocenters. The molecule has 8 nitrogen and oxygen atoms in total. The van der Waals surface area contributed by atoms with Crippen molar-refractivity contribution in [1.29, 1.82) is 0 Å². The van der Waals surface area contributed by atoms with Crippen LogP contribution in [0.25, 0.3) is 0 Å². The van der Waals surface area contributed by atoms with E-state index in [1.54, 1.807) is 24.3 Å². The molecule has 0 aliphatic heterocycles. The van der Waals surface area contributed by atoms with Gasteiger partial charge in [-0.15, -0.1) is 0 Å². The summed E-state index contributed by atoms with van der Waals surface area (Å²) in [5, 5.41) is 11.4. The van der Waals surface area contributed by atoms with Crippen molar-refractivity contribution < 1.29 is 27.8 Å². The van der Waals surface area contributed by atoms with Crippen LogP contribution in [-0.2, 0) is 21.2 Å². The quantitative estimate of drug-likeness (QED) is 0.533. The van der Waals surface area contributed by atoms with Gasteiger partial charge < -0.3 is 19.9 Å². The van der Waals surface area contributed by atoms with Gasteiger partial charge in [0.15, 0.2) is 11.5 Å². The average Bonchev–Trinajstić information content (AvgIpc) is 2.71. The number of methoxy groups -OCH3 is 2. The number of carbonyl (C=O) groups is 1. The Morgan fingerprint density at radius 1 is 1.07 bits per heavy atom. The van der Waals surface area contributed by atoms with E-state index >= 15 is 0 Å². The van der Waals surface area contributed by atoms with Crippen LogP contribution in [0.1, 0.15) is 5.56 Å². The number of amides is 1. The molecule has 2 aromatic carbocycles. The fourth-order valence-electron chi connectivity index (χ4n) is 2.58. The number of ether oxygens (including phenoxy) is 2. The Balaban J connectivity index is 2.29. The third kappa shape index (κ3) is 5.69. The van der Waals surface area contributed by atoms with Crippen LogP contribution >= 0.6 is 0 Å². The topological polar surface area (TPSA) is 114 Å². The molecule has 0 saturated carbocycles. The fourth-order valence-corrected chi connectivity index (χ4v) is 3.79. The Hall–Kier alpha value is -2.62. The van der Waals surface area contributed by atoms with Gasteiger partial charge in [0.1, 0.15) is 6.04 Å². The van der Waals surface area contributed by atoms with Gasteiger partial charge in [0.25, 0.3) is 0 Å². The standard InChI is InChI=1S/C19H24N2O6S/c1-26-17-9-8-15(13-18(17)27-2)28(24,25)21-16(19(23)20-10-11-22)12-14-6-4-3-5-7-14/h3-9,13,16,21-22H,10-12H2,1-2H3,(H,20,23)/t16-/m0/s1. The highest BCUT2D eigenvalue weighted by Gasteiger charge is 2.26. The molecule has 1 atom stereocenters. The summed E-state index contributed by atoms with van der Waals surface area (Å²) in [6.07, 6.45) is 0.157. The number of aliphatic hydroxyl groups excluding tert-OH is 1. The molecule has 0 aliphatic rings. The predicted molar refractivity (Wildman–Crippen MR) is 104 cm³/mol. The maximum atomic E-state index is 12.8. The van der Waals surface area contributed by atoms with E-state index < -0.39 is 22.0 Å². The lowest BCUT2D eigenvalue weighted by Gasteiger charge is -2.19. The first kappa shape index (κ1) is 21.7. The SMILES string of the molecule is COc1ccc(S(=O)(=O)N[C@@H](Cc2ccccc2)C(=O)NCCO)cc1OC. The number of aliphatic hydroxyl groups is 1. The lowest BCUT2D eigenvalue weighted by Crippen LogP contribution is -2.48. The Kier molecular flexibility index (Phi) is 7.80. The molecule has 9 heteroatoms. The van der Waals surface area contributed by atoms with Gasteiger partial charge in [0, 0.05) is 12.6 Å². The minimum absolute atomic E-state index is 0.0300. The van der Waals surface area contributed by atoms with Gasteiger partial charge in [-0.1, -0.05) is 30.3 Å². The second kappa shape index (κ2) is 10.1. The first-order valence-corrected chi connectivity index (χ1v) is 10.1. The number of benzene rings is 2. The molecule has 2 aromatic rings. The van der Waals surface area contributed by atoms with E-state index in [1.165, 1.54) is 32.4 Å². The second-order valence-corrected chi connectivity index (χ2v) is 7.61. The van der Waals surface area contributed by atoms with Gasteiger partial charge >= 0.3 is 0 Å². The number of sulfonamides is 1. The molecule has 0 heterocycles. The number of hydrogen-bond acceptors (Lipinski definition) is 6. The van der Waals surface area contributed by atoms with Crippen LogP contribution in [0.3, 0.4) is 0 Å². The molecule has 2 rings (SSSR count). The van der Waals surface area contributed by atoms with Crippen LogP contribution in [0.4, 0.5) is 0 Å². The van der Waals surface area contributed by atoms with Gasteiger partial charge in [-0.05, 0) is 24.1 Å². The van der Waals surface area contributed by atoms with Gasteiger partial charge in [-0.3, -0.25) is 4.79 Å². The summed E-state index contributed by atoms with van der Waals surface area (Å²) in [5.74, 6) is 0.125. The molecule has 0 fully saturated rings. The molecule has 1 amide bonds. The summed E-state index contributed by atoms with van der Waals surface area (Å²) >= 11 is 0. The molecule has 0 spiro atoms. The summed E-state index contributed by atoms with van der Waals surface area (Å²) in [6, 6.07) is 12.2. The molecule has 0 radical (unpaired) electrons. The van der Waals surface area contributed by atoms with E-state index in [9.17, 15) is 13.2 Å². The summed E-state index contributed by atoms with van der Waals surface area (Å²) < 4.78 is 38.4. The van der Waals surface area contributed by atoms with Gasteiger partial charge in [-0.2, -0.15) is 4.72 Å². The Morgan fingerprint density at radius 2 is 1.75 bits per heavy atom. The average molecular weight is 408 g/mol. The first-order chi connectivity index (χ1) is 13.4. The first-order valence-electron chi connectivity index (χ1n) is 8.58. The van der Waals surface area contributed by atoms with E-state index in [4.69, 9.17) is 14.6 Å². The van der Waals surface area contributed by atoms with Crippen LogP contribution < -0.4 is 19.5 Å². The molecule has 0 aliphatic carbocycles. The minimum atomic E-state index is -4.02. The smallest absolute Gasteiger partial charge is 0.241 e. The third-order valence-corrected chi connectivity index (χ3v) is 5.44. The lowest BCUT2D eigenvalue weighted by molar-refractivity contribution is -0.122. The number of hydrogen-bond donors (Lipinski definition) is 3. The number of carbonyl (C=O) groups excluding carboxylic acids is 1. The zero-order valence-electron chi connectivity index (χ0n) is 15.7. The van der Waals surface area contributed by atoms with Crippen molar-refractivity contribution in [3.05, 3.63) is 54.1 Å². The van der Waals surface area contributed by atoms with E-state index in [1.807, 2.05) is 6.07 Å². The zero-order chi connectivity index (χ0) is 20.6. The second-order valence-electron chi connectivity index (χ2n) is 5.90. The highest BCUT2D eigenvalue weighted by atomic mass is 32.2. The van der Waals surface area contributed by atoms with Crippen LogP contribution in [0.15, 0.2) is 53.4 Å². The van der Waals surface area contributed by atoms with Crippen LogP contribution in [0.2, 0.25) is 0 Å². The largest absolute Gasteiger partial charge is 0.493 e. The lowest BCUT2D eigenvalue weighted by atomic mass is 10.1. The van der Waals surface area contributed by atoms with Crippen molar-refractivity contribution in [1.82, 2.24) is 10.0 Å². The molecular formula is C19H24N2O6S. The Labute approximate surface area is 164 Å². The van der Waals surface area contributed by atoms with Crippen molar-refractivity contribution in [2.24, 2.45) is 0 Å². The highest BCUT2D eigenvalue weighted by molar-refractivity contribution is 7.89. The monoisotopic (exact) mass is 408 g/mol. The van der Waals surface area contributed by atoms with Crippen molar-refractivity contribution in [3.63, 3.8) is 0 Å². The van der Waals surface area contributed by atoms with Gasteiger partial charge in [0.2, 0.25) is 15.9 Å². The summed E-state index contributed by atoms with van der Waals surface area (Å²) in [7, 11) is -1.16. The van der Waals surface area contributed by atoms with E-state index in [0.717, 1.165) is 5.56 Å². The summed E-state index contributed by atoms with van der Waals surface area (Å²) in [5.41, 5.74) is 0.793. The van der Waals surface area contributed by atoms with E-state index in [0.29, 0.717) is 5.75 Å². The molecule has 28 heavy (non-hydrogen) atoms. The van der Waals surface area contributed by atoms with Crippen LogP contribution in [0.5, 0.6) is 11.5 Å². The highest BCUT2D eigenvalue weighted by Crippen LogP contribution is 2.29. The van der Waals surface area contributed by atoms with Crippen LogP contribution in [-0.4, -0.2) is 52.8 Å². The van der Waals surface area contributed by atoms with Gasteiger partial charge in [-0.25, -0.2) is 8.42 Å². The normalized spacial score (nSPS) is 12.2. The summed E-state index contributed by atoms with van der Waals surface area (Å²) in [4.78, 5) is 12.4. The molecule has 152 valence electrons. The minimum Gasteiger partial charge on any atom is -0.493 e. The van der Waals surface area contributed by atoms with Crippen LogP contribution in [0, 0.1) is 0 Å². The van der Waals surface area contributed by atoms with Crippen molar-refractivity contribution in [2.45, 2.75) is 17.4 Å². The number of nitrogens with one attached hydrogen (secondary N) is 2. The van der Waals surface area contributed by atoms with Crippen molar-refractivity contribution >= 4 is 15.9 Å². The third-order valence-electron chi connectivity index (χ3n) is 3.97. The molecule has 0 bridgehead atoms. The molecule has 0 saturated heterocycles. The fraction of sp³-hybridized carbons (Fsp3) is 0.316. The van der Waals surface area contributed by atoms with E-state index in [2.05, 4.69) is 10.0 Å². The molecule has 3 N–H and O–H groups in total. The Bertz CT molecular complexity index is 887. The summed E-state index contributed by atoms with van der Waals surface area (Å²) in [6.45, 7) is -0.214. The van der Waals surface area contributed by atoms with Gasteiger partial charge in [0.05, 0.1) is 25.7 Å². The predicted octanol–water partition coefficient (Wildman–Crippen LogP) is 0.702. The maximum absolute atomic E-state index is 12.8. The molecular weight excluding hydrogens is 384 g/mol. The molecule has 0 aromatic heterocycles. The van der Waals surface area contributed by atoms with Crippen molar-refractivity contribution in [2.75, 3.05) is 27.4 Å². The van der Waals surface area contributed by atoms with Crippen molar-refractivity contribution in [3.8, 4) is 11.5 Å². The maximum Gasteiger partial charge on any atom is 0.241 e. The number of rotatable bonds is 10.